The molecule has 8 nitrogen and oxygen atoms in total. The first kappa shape index (κ1) is 23.2. The van der Waals surface area contributed by atoms with Crippen LogP contribution in [-0.2, 0) is 11.3 Å². The Morgan fingerprint density at radius 1 is 1.00 bits per heavy atom. The van der Waals surface area contributed by atoms with Gasteiger partial charge in [-0.2, -0.15) is 0 Å². The number of aromatic amines is 1. The zero-order chi connectivity index (χ0) is 25.1. The molecule has 0 amide bonds. The van der Waals surface area contributed by atoms with Crippen molar-refractivity contribution in [3.05, 3.63) is 95.4 Å². The van der Waals surface area contributed by atoms with Gasteiger partial charge in [0.2, 0.25) is 0 Å². The third kappa shape index (κ3) is 4.54. The number of rotatable bonds is 7. The zero-order valence-corrected chi connectivity index (χ0v) is 19.9. The minimum absolute atomic E-state index is 0.0654. The molecule has 36 heavy (non-hydrogen) atoms. The number of aromatic hydroxyl groups is 1. The second-order valence-corrected chi connectivity index (χ2v) is 8.18. The van der Waals surface area contributed by atoms with Crippen molar-refractivity contribution in [3.8, 4) is 17.4 Å². The Bertz CT molecular complexity index is 1490. The maximum Gasteiger partial charge on any atom is 0.337 e. The van der Waals surface area contributed by atoms with Crippen molar-refractivity contribution in [1.82, 2.24) is 10.3 Å². The van der Waals surface area contributed by atoms with Crippen molar-refractivity contribution in [2.75, 3.05) is 13.7 Å². The van der Waals surface area contributed by atoms with E-state index in [4.69, 9.17) is 19.2 Å². The molecule has 2 heterocycles. The van der Waals surface area contributed by atoms with Crippen LogP contribution in [0.5, 0.6) is 17.4 Å². The number of H-pyrrole nitrogens is 1. The molecule has 0 radical (unpaired) electrons. The van der Waals surface area contributed by atoms with Crippen molar-refractivity contribution in [1.29, 1.82) is 0 Å². The summed E-state index contributed by atoms with van der Waals surface area (Å²) < 4.78 is 16.0. The second-order valence-electron chi connectivity index (χ2n) is 8.18. The fourth-order valence-electron chi connectivity index (χ4n) is 4.07. The highest BCUT2D eigenvalue weighted by Crippen LogP contribution is 2.36. The predicted molar refractivity (Wildman–Crippen MR) is 137 cm³/mol. The van der Waals surface area contributed by atoms with Gasteiger partial charge in [-0.25, -0.2) is 9.79 Å². The average Bonchev–Trinajstić information content (AvgIpc) is 3.25. The van der Waals surface area contributed by atoms with Gasteiger partial charge in [0.15, 0.2) is 17.4 Å². The summed E-state index contributed by atoms with van der Waals surface area (Å²) >= 11 is 0. The number of hydrogen-bond acceptors (Lipinski definition) is 7. The molecule has 1 aromatic heterocycles. The van der Waals surface area contributed by atoms with Crippen molar-refractivity contribution in [2.45, 2.75) is 13.5 Å². The number of nitrogens with zero attached hydrogens (tertiary/aromatic N) is 1. The van der Waals surface area contributed by atoms with Gasteiger partial charge in [0, 0.05) is 23.0 Å². The number of benzene rings is 3. The third-order valence-corrected chi connectivity index (χ3v) is 5.86. The smallest absolute Gasteiger partial charge is 0.337 e. The highest BCUT2D eigenvalue weighted by atomic mass is 16.5. The lowest BCUT2D eigenvalue weighted by Gasteiger charge is -2.15. The minimum Gasteiger partial charge on any atom is -0.494 e. The van der Waals surface area contributed by atoms with E-state index < -0.39 is 5.97 Å². The van der Waals surface area contributed by atoms with Gasteiger partial charge in [0.05, 0.1) is 29.6 Å². The SMILES string of the molecule is CCNCc1ccc(N=C(c2ccc3c(c2)OC=CO3)c2c(O)[nH]c3cc(C(=O)OC)ccc23)cc1. The van der Waals surface area contributed by atoms with Gasteiger partial charge in [0.25, 0.3) is 0 Å². The predicted octanol–water partition coefficient (Wildman–Crippen LogP) is 5.18. The van der Waals surface area contributed by atoms with Gasteiger partial charge in [-0.05, 0) is 54.6 Å². The normalized spacial score (nSPS) is 12.7. The number of ether oxygens (including phenoxy) is 3. The van der Waals surface area contributed by atoms with Crippen LogP contribution in [0.15, 0.2) is 78.2 Å². The second kappa shape index (κ2) is 9.97. The van der Waals surface area contributed by atoms with Crippen LogP contribution < -0.4 is 14.8 Å². The summed E-state index contributed by atoms with van der Waals surface area (Å²) in [6, 6.07) is 18.5. The van der Waals surface area contributed by atoms with E-state index >= 15 is 0 Å². The van der Waals surface area contributed by atoms with E-state index in [9.17, 15) is 9.90 Å². The van der Waals surface area contributed by atoms with Crippen molar-refractivity contribution >= 4 is 28.3 Å². The first-order valence-corrected chi connectivity index (χ1v) is 11.5. The lowest BCUT2D eigenvalue weighted by molar-refractivity contribution is 0.0601. The lowest BCUT2D eigenvalue weighted by Crippen LogP contribution is -2.11. The van der Waals surface area contributed by atoms with Crippen LogP contribution in [0, 0.1) is 0 Å². The number of aliphatic imine (C=N–C) groups is 1. The summed E-state index contributed by atoms with van der Waals surface area (Å²) in [4.78, 5) is 19.9. The Kier molecular flexibility index (Phi) is 6.42. The van der Waals surface area contributed by atoms with Crippen molar-refractivity contribution < 1.29 is 24.1 Å². The van der Waals surface area contributed by atoms with E-state index in [1.54, 1.807) is 24.3 Å². The number of carbonyl (C=O) groups is 1. The van der Waals surface area contributed by atoms with Crippen LogP contribution in [0.25, 0.3) is 10.9 Å². The number of fused-ring (bicyclic) bond motifs is 2. The number of esters is 1. The number of aromatic nitrogens is 1. The maximum atomic E-state index is 12.0. The highest BCUT2D eigenvalue weighted by molar-refractivity contribution is 6.22. The molecule has 1 aliphatic heterocycles. The van der Waals surface area contributed by atoms with E-state index in [0.717, 1.165) is 29.9 Å². The van der Waals surface area contributed by atoms with Gasteiger partial charge < -0.3 is 29.6 Å². The van der Waals surface area contributed by atoms with Crippen molar-refractivity contribution in [2.24, 2.45) is 4.99 Å². The molecular weight excluding hydrogens is 458 g/mol. The fraction of sp³-hybridized carbons (Fsp3) is 0.143. The van der Waals surface area contributed by atoms with Gasteiger partial charge in [-0.1, -0.05) is 25.1 Å². The standard InChI is InChI=1S/C28H25N3O5/c1-3-29-16-17-4-8-20(9-5-17)30-26(18-7-11-23-24(15-18)36-13-12-35-23)25-21-10-6-19(28(33)34-2)14-22(21)31-27(25)32/h4-15,29,31-32H,3,16H2,1-2H3. The monoisotopic (exact) mass is 483 g/mol. The largest absolute Gasteiger partial charge is 0.494 e. The van der Waals surface area contributed by atoms with Gasteiger partial charge in [-0.3, -0.25) is 0 Å². The molecule has 0 unspecified atom stereocenters. The van der Waals surface area contributed by atoms with Crippen LogP contribution in [0.2, 0.25) is 0 Å². The summed E-state index contributed by atoms with van der Waals surface area (Å²) in [6.07, 6.45) is 2.93. The highest BCUT2D eigenvalue weighted by Gasteiger charge is 2.22. The summed E-state index contributed by atoms with van der Waals surface area (Å²) in [5.41, 5.74) is 4.58. The molecule has 3 N–H and O–H groups in total. The lowest BCUT2D eigenvalue weighted by atomic mass is 9.99. The minimum atomic E-state index is -0.459. The Hall–Kier alpha value is -4.56. The van der Waals surface area contributed by atoms with Crippen LogP contribution >= 0.6 is 0 Å². The zero-order valence-electron chi connectivity index (χ0n) is 19.9. The van der Waals surface area contributed by atoms with Crippen LogP contribution in [0.1, 0.15) is 34.0 Å². The summed E-state index contributed by atoms with van der Waals surface area (Å²) in [7, 11) is 1.33. The average molecular weight is 484 g/mol. The van der Waals surface area contributed by atoms with Gasteiger partial charge in [-0.15, -0.1) is 0 Å². The molecule has 0 saturated carbocycles. The van der Waals surface area contributed by atoms with Gasteiger partial charge in [0.1, 0.15) is 12.5 Å². The molecule has 0 spiro atoms. The molecule has 4 aromatic rings. The molecular formula is C28H25N3O5. The van der Waals surface area contributed by atoms with E-state index in [0.29, 0.717) is 39.2 Å². The maximum absolute atomic E-state index is 12.0. The van der Waals surface area contributed by atoms with Crippen LogP contribution in [0.3, 0.4) is 0 Å². The van der Waals surface area contributed by atoms with E-state index in [1.165, 1.54) is 19.6 Å². The van der Waals surface area contributed by atoms with Crippen LogP contribution in [0.4, 0.5) is 5.69 Å². The summed E-state index contributed by atoms with van der Waals surface area (Å²) in [5, 5.41) is 15.0. The quantitative estimate of drug-likeness (QED) is 0.247. The van der Waals surface area contributed by atoms with E-state index in [1.807, 2.05) is 36.4 Å². The molecule has 8 heteroatoms. The van der Waals surface area contributed by atoms with E-state index in [2.05, 4.69) is 17.2 Å². The van der Waals surface area contributed by atoms with E-state index in [-0.39, 0.29) is 5.88 Å². The molecule has 0 fully saturated rings. The number of nitrogens with one attached hydrogen (secondary N) is 2. The summed E-state index contributed by atoms with van der Waals surface area (Å²) in [6.45, 7) is 3.73. The number of hydrogen-bond donors (Lipinski definition) is 3. The molecule has 3 aromatic carbocycles. The first-order chi connectivity index (χ1) is 17.6. The number of carbonyl (C=O) groups excluding carboxylic acids is 1. The molecule has 182 valence electrons. The molecule has 1 aliphatic rings. The molecule has 0 atom stereocenters. The first-order valence-electron chi connectivity index (χ1n) is 11.5. The van der Waals surface area contributed by atoms with Gasteiger partial charge >= 0.3 is 5.97 Å². The third-order valence-electron chi connectivity index (χ3n) is 5.86. The molecule has 5 rings (SSSR count). The Labute approximate surface area is 207 Å². The number of methoxy groups -OCH3 is 1. The summed E-state index contributed by atoms with van der Waals surface area (Å²) in [5.74, 6) is 0.596. The molecule has 0 aliphatic carbocycles. The Morgan fingerprint density at radius 2 is 1.75 bits per heavy atom. The fourth-order valence-corrected chi connectivity index (χ4v) is 4.07. The Morgan fingerprint density at radius 3 is 2.50 bits per heavy atom. The van der Waals surface area contributed by atoms with Crippen molar-refractivity contribution in [3.63, 3.8) is 0 Å². The molecule has 0 bridgehead atoms. The molecule has 0 saturated heterocycles. The van der Waals surface area contributed by atoms with Crippen LogP contribution in [-0.4, -0.2) is 35.4 Å². The Balaban J connectivity index is 1.65. The topological polar surface area (TPSA) is 105 Å².